The van der Waals surface area contributed by atoms with E-state index in [0.29, 0.717) is 6.42 Å². The molecule has 14 heteroatoms. The van der Waals surface area contributed by atoms with Gasteiger partial charge in [0.15, 0.2) is 14.9 Å². The minimum atomic E-state index is -2.13. The lowest BCUT2D eigenvalue weighted by atomic mass is 9.94. The van der Waals surface area contributed by atoms with E-state index in [1.165, 1.54) is 17.0 Å². The molecule has 3 rings (SSSR count). The van der Waals surface area contributed by atoms with Crippen LogP contribution in [0.25, 0.3) is 0 Å². The number of amides is 2. The second-order valence-corrected chi connectivity index (χ2v) is 16.6. The van der Waals surface area contributed by atoms with Gasteiger partial charge in [0, 0.05) is 12.7 Å². The number of hydrogen-bond acceptors (Lipinski definition) is 10. The van der Waals surface area contributed by atoms with Crippen LogP contribution in [-0.4, -0.2) is 68.1 Å². The van der Waals surface area contributed by atoms with Gasteiger partial charge in [-0.2, -0.15) is 0 Å². The summed E-state index contributed by atoms with van der Waals surface area (Å²) in [6.07, 6.45) is -0.497. The summed E-state index contributed by atoms with van der Waals surface area (Å²) in [5.41, 5.74) is -0.276. The number of anilines is 1. The van der Waals surface area contributed by atoms with Gasteiger partial charge in [0.25, 0.3) is 5.82 Å². The fraction of sp³-hybridized carbons (Fsp3) is 0.517. The minimum absolute atomic E-state index is 0.00632. The second-order valence-electron chi connectivity index (χ2n) is 11.8. The first-order valence-corrected chi connectivity index (χ1v) is 16.9. The van der Waals surface area contributed by atoms with Crippen molar-refractivity contribution in [3.8, 4) is 5.75 Å². The second kappa shape index (κ2) is 14.0. The molecule has 1 unspecified atom stereocenters. The lowest BCUT2D eigenvalue weighted by molar-refractivity contribution is -0.390. The highest BCUT2D eigenvalue weighted by Crippen LogP contribution is 2.38. The zero-order valence-corrected chi connectivity index (χ0v) is 26.5. The molecule has 2 amide bonds. The number of nitrogens with one attached hydrogen (secondary N) is 1. The molecule has 1 aliphatic rings. The molecule has 1 fully saturated rings. The monoisotopic (exact) mass is 616 g/mol. The number of nitro groups is 1. The van der Waals surface area contributed by atoms with E-state index in [4.69, 9.17) is 18.6 Å². The third-order valence-corrected chi connectivity index (χ3v) is 12.1. The molecule has 0 spiro atoms. The normalized spacial score (nSPS) is 17.0. The Labute approximate surface area is 252 Å². The number of ether oxygens (including phenoxy) is 3. The molecule has 0 aliphatic carbocycles. The average molecular weight is 617 g/mol. The van der Waals surface area contributed by atoms with Crippen molar-refractivity contribution < 1.29 is 37.9 Å². The van der Waals surface area contributed by atoms with E-state index in [9.17, 15) is 24.5 Å². The summed E-state index contributed by atoms with van der Waals surface area (Å²) in [6, 6.07) is 11.9. The predicted molar refractivity (Wildman–Crippen MR) is 160 cm³/mol. The first kappa shape index (κ1) is 33.5. The van der Waals surface area contributed by atoms with E-state index in [2.05, 4.69) is 44.2 Å². The fourth-order valence-electron chi connectivity index (χ4n) is 4.21. The van der Waals surface area contributed by atoms with Crippen LogP contribution in [0.15, 0.2) is 42.5 Å². The van der Waals surface area contributed by atoms with Gasteiger partial charge in [-0.3, -0.25) is 9.69 Å². The first-order chi connectivity index (χ1) is 20.2. The van der Waals surface area contributed by atoms with Crippen molar-refractivity contribution in [2.45, 2.75) is 70.8 Å². The van der Waals surface area contributed by atoms with Crippen LogP contribution in [0.2, 0.25) is 18.1 Å². The summed E-state index contributed by atoms with van der Waals surface area (Å²) in [7, 11) is -2.13. The van der Waals surface area contributed by atoms with Gasteiger partial charge in [0.2, 0.25) is 11.7 Å². The van der Waals surface area contributed by atoms with E-state index >= 15 is 0 Å². The van der Waals surface area contributed by atoms with Crippen LogP contribution in [-0.2, 0) is 30.1 Å². The number of nitrogens with zero attached hydrogens (tertiary/aromatic N) is 3. The topological polar surface area (TPSA) is 159 Å². The van der Waals surface area contributed by atoms with Gasteiger partial charge in [0.1, 0.15) is 6.61 Å². The van der Waals surface area contributed by atoms with Crippen molar-refractivity contribution in [2.24, 2.45) is 0 Å². The first-order valence-electron chi connectivity index (χ1n) is 14.0. The molecule has 0 saturated carbocycles. The third-order valence-electron chi connectivity index (χ3n) is 7.61. The predicted octanol–water partition coefficient (Wildman–Crippen LogP) is 4.75. The van der Waals surface area contributed by atoms with Gasteiger partial charge < -0.3 is 34.1 Å². The number of pyridine rings is 1. The Hall–Kier alpha value is -4.04. The standard InChI is InChI=1S/C29H40N4O9Si/c1-7-39-25(35)19-40-22-13-14-23(30-26(22)33(37)38)32-20-29(17-24(32)34,15-16-42-43(5,6)28(2,3)4)31-27(36)41-18-21-11-9-8-10-12-21/h8-14H,7,15-20H2,1-6H3,(H,31,36). The number of carbonyl (C=O) groups excluding carboxylic acids is 3. The Bertz CT molecular complexity index is 1320. The van der Waals surface area contributed by atoms with E-state index in [1.54, 1.807) is 6.92 Å². The Balaban J connectivity index is 1.82. The van der Waals surface area contributed by atoms with Crippen molar-refractivity contribution in [3.05, 3.63) is 58.1 Å². The van der Waals surface area contributed by atoms with Crippen LogP contribution in [0.5, 0.6) is 5.75 Å². The van der Waals surface area contributed by atoms with Crippen molar-refractivity contribution in [1.82, 2.24) is 10.3 Å². The Kier molecular flexibility index (Phi) is 10.9. The molecule has 1 aromatic carbocycles. The number of carbonyl (C=O) groups is 3. The molecule has 2 aromatic rings. The molecule has 1 atom stereocenters. The van der Waals surface area contributed by atoms with Crippen LogP contribution in [0.1, 0.15) is 46.1 Å². The van der Waals surface area contributed by atoms with Gasteiger partial charge in [-0.05, 0) is 53.0 Å². The van der Waals surface area contributed by atoms with E-state index in [0.717, 1.165) is 5.56 Å². The number of alkyl carbamates (subject to hydrolysis) is 1. The summed E-state index contributed by atoms with van der Waals surface area (Å²) >= 11 is 0. The molecule has 234 valence electrons. The number of hydrogen-bond donors (Lipinski definition) is 1. The van der Waals surface area contributed by atoms with E-state index < -0.39 is 49.2 Å². The van der Waals surface area contributed by atoms with Crippen LogP contribution in [0, 0.1) is 10.1 Å². The van der Waals surface area contributed by atoms with Crippen LogP contribution in [0.3, 0.4) is 0 Å². The Morgan fingerprint density at radius 3 is 2.47 bits per heavy atom. The molecule has 1 aromatic heterocycles. The molecule has 2 heterocycles. The summed E-state index contributed by atoms with van der Waals surface area (Å²) in [4.78, 5) is 54.3. The third kappa shape index (κ3) is 8.97. The van der Waals surface area contributed by atoms with Gasteiger partial charge in [-0.1, -0.05) is 51.1 Å². The quantitative estimate of drug-likeness (QED) is 0.144. The van der Waals surface area contributed by atoms with Gasteiger partial charge >= 0.3 is 17.9 Å². The molecule has 0 radical (unpaired) electrons. The lowest BCUT2D eigenvalue weighted by Crippen LogP contribution is -2.52. The van der Waals surface area contributed by atoms with Crippen molar-refractivity contribution >= 4 is 37.9 Å². The van der Waals surface area contributed by atoms with Crippen molar-refractivity contribution in [2.75, 3.05) is 31.3 Å². The fourth-order valence-corrected chi connectivity index (χ4v) is 5.25. The van der Waals surface area contributed by atoms with Crippen molar-refractivity contribution in [3.63, 3.8) is 0 Å². The van der Waals surface area contributed by atoms with Crippen molar-refractivity contribution in [1.29, 1.82) is 0 Å². The Morgan fingerprint density at radius 1 is 1.14 bits per heavy atom. The van der Waals surface area contributed by atoms with Gasteiger partial charge in [-0.25, -0.2) is 9.59 Å². The summed E-state index contributed by atoms with van der Waals surface area (Å²) < 4.78 is 21.9. The van der Waals surface area contributed by atoms with Crippen LogP contribution < -0.4 is 15.0 Å². The van der Waals surface area contributed by atoms with Crippen LogP contribution >= 0.6 is 0 Å². The highest BCUT2D eigenvalue weighted by molar-refractivity contribution is 6.74. The molecule has 43 heavy (non-hydrogen) atoms. The number of esters is 1. The highest BCUT2D eigenvalue weighted by atomic mass is 28.4. The van der Waals surface area contributed by atoms with E-state index in [1.807, 2.05) is 30.3 Å². The summed E-state index contributed by atoms with van der Waals surface area (Å²) in [5, 5.41) is 14.6. The smallest absolute Gasteiger partial charge is 0.408 e. The zero-order chi connectivity index (χ0) is 31.8. The van der Waals surface area contributed by atoms with Crippen LogP contribution in [0.4, 0.5) is 16.4 Å². The maximum Gasteiger partial charge on any atom is 0.408 e. The maximum absolute atomic E-state index is 13.3. The summed E-state index contributed by atoms with van der Waals surface area (Å²) in [5.74, 6) is -1.98. The molecule has 13 nitrogen and oxygen atoms in total. The molecular weight excluding hydrogens is 576 g/mol. The zero-order valence-electron chi connectivity index (χ0n) is 25.5. The average Bonchev–Trinajstić information content (AvgIpc) is 3.26. The number of aromatic nitrogens is 1. The largest absolute Gasteiger partial charge is 0.474 e. The molecule has 0 bridgehead atoms. The molecular formula is C29H40N4O9Si. The number of rotatable bonds is 13. The number of benzene rings is 1. The van der Waals surface area contributed by atoms with E-state index in [-0.39, 0.29) is 49.4 Å². The summed E-state index contributed by atoms with van der Waals surface area (Å²) in [6.45, 7) is 12.1. The SMILES string of the molecule is CCOC(=O)COc1ccc(N2CC(CCO[Si](C)(C)C(C)(C)C)(NC(=O)OCc3ccccc3)CC2=O)nc1[N+](=O)[O-]. The Morgan fingerprint density at radius 2 is 1.84 bits per heavy atom. The van der Waals surface area contributed by atoms with Gasteiger partial charge in [0.05, 0.1) is 25.1 Å². The molecule has 1 saturated heterocycles. The maximum atomic E-state index is 13.3. The minimum Gasteiger partial charge on any atom is -0.474 e. The molecule has 1 aliphatic heterocycles. The lowest BCUT2D eigenvalue weighted by Gasteiger charge is -2.37. The van der Waals surface area contributed by atoms with Gasteiger partial charge in [-0.15, -0.1) is 0 Å². The highest BCUT2D eigenvalue weighted by Gasteiger charge is 2.47. The molecule has 1 N–H and O–H groups in total.